The minimum absolute atomic E-state index is 0.131. The summed E-state index contributed by atoms with van der Waals surface area (Å²) in [6.07, 6.45) is 2.48. The molecule has 0 saturated carbocycles. The second kappa shape index (κ2) is 10.8. The van der Waals surface area contributed by atoms with Crippen LogP contribution in [0.1, 0.15) is 6.42 Å². The maximum atomic E-state index is 13.1. The van der Waals surface area contributed by atoms with Gasteiger partial charge in [-0.05, 0) is 37.2 Å². The van der Waals surface area contributed by atoms with Gasteiger partial charge in [0, 0.05) is 57.7 Å². The molecule has 1 aromatic carbocycles. The summed E-state index contributed by atoms with van der Waals surface area (Å²) < 4.78 is 18.4. The lowest BCUT2D eigenvalue weighted by Gasteiger charge is -2.36. The molecule has 1 amide bonds. The molecule has 2 fully saturated rings. The van der Waals surface area contributed by atoms with E-state index in [9.17, 15) is 14.4 Å². The minimum Gasteiger partial charge on any atom is -0.390 e. The monoisotopic (exact) mass is 401 g/mol. The van der Waals surface area contributed by atoms with Crippen LogP contribution in [0.3, 0.4) is 0 Å². The number of amides is 1. The van der Waals surface area contributed by atoms with Gasteiger partial charge in [0.25, 0.3) is 5.91 Å². The fourth-order valence-electron chi connectivity index (χ4n) is 3.54. The Morgan fingerprint density at radius 3 is 2.48 bits per heavy atom. The number of nitriles is 1. The third-order valence-electron chi connectivity index (χ3n) is 5.26. The van der Waals surface area contributed by atoms with Gasteiger partial charge in [-0.3, -0.25) is 9.69 Å². The summed E-state index contributed by atoms with van der Waals surface area (Å²) in [5.41, 5.74) is 1.07. The van der Waals surface area contributed by atoms with Gasteiger partial charge in [0.1, 0.15) is 17.5 Å². The first-order chi connectivity index (χ1) is 14.2. The van der Waals surface area contributed by atoms with E-state index in [-0.39, 0.29) is 17.3 Å². The second-order valence-electron chi connectivity index (χ2n) is 7.19. The quantitative estimate of drug-likeness (QED) is 0.421. The Balaban J connectivity index is 1.41. The molecule has 3 rings (SSSR count). The SMILES string of the molecule is N#C/C(=C/NCCCN1CCOCC1)C(=O)N1CCN(c2ccc(F)cc2)CC1. The van der Waals surface area contributed by atoms with Crippen LogP contribution in [-0.4, -0.2) is 81.3 Å². The minimum atomic E-state index is -0.260. The van der Waals surface area contributed by atoms with Crippen molar-refractivity contribution in [2.75, 3.05) is 70.5 Å². The van der Waals surface area contributed by atoms with E-state index in [0.29, 0.717) is 32.7 Å². The fourth-order valence-corrected chi connectivity index (χ4v) is 3.54. The number of morpholine rings is 1. The second-order valence-corrected chi connectivity index (χ2v) is 7.19. The highest BCUT2D eigenvalue weighted by Crippen LogP contribution is 2.17. The van der Waals surface area contributed by atoms with Gasteiger partial charge in [-0.2, -0.15) is 5.26 Å². The summed E-state index contributed by atoms with van der Waals surface area (Å²) in [7, 11) is 0. The van der Waals surface area contributed by atoms with Gasteiger partial charge in [0.05, 0.1) is 13.2 Å². The van der Waals surface area contributed by atoms with Crippen LogP contribution in [-0.2, 0) is 9.53 Å². The predicted molar refractivity (Wildman–Crippen MR) is 109 cm³/mol. The van der Waals surface area contributed by atoms with Crippen molar-refractivity contribution < 1.29 is 13.9 Å². The van der Waals surface area contributed by atoms with E-state index >= 15 is 0 Å². The lowest BCUT2D eigenvalue weighted by atomic mass is 10.2. The summed E-state index contributed by atoms with van der Waals surface area (Å²) in [5, 5.41) is 12.5. The molecule has 7 nitrogen and oxygen atoms in total. The van der Waals surface area contributed by atoms with Crippen LogP contribution in [0.15, 0.2) is 36.0 Å². The highest BCUT2D eigenvalue weighted by molar-refractivity contribution is 5.97. The van der Waals surface area contributed by atoms with E-state index in [1.54, 1.807) is 17.0 Å². The van der Waals surface area contributed by atoms with Gasteiger partial charge in [0.15, 0.2) is 0 Å². The zero-order valence-corrected chi connectivity index (χ0v) is 16.6. The Morgan fingerprint density at radius 2 is 1.83 bits per heavy atom. The maximum absolute atomic E-state index is 13.1. The van der Waals surface area contributed by atoms with E-state index in [4.69, 9.17) is 4.74 Å². The number of rotatable bonds is 7. The summed E-state index contributed by atoms with van der Waals surface area (Å²) in [5.74, 6) is -0.504. The molecule has 8 heteroatoms. The topological polar surface area (TPSA) is 71.8 Å². The van der Waals surface area contributed by atoms with Crippen molar-refractivity contribution >= 4 is 11.6 Å². The molecule has 2 heterocycles. The molecule has 2 aliphatic heterocycles. The molecule has 156 valence electrons. The number of halogens is 1. The van der Waals surface area contributed by atoms with Gasteiger partial charge in [-0.25, -0.2) is 4.39 Å². The van der Waals surface area contributed by atoms with Crippen molar-refractivity contribution in [3.63, 3.8) is 0 Å². The molecule has 29 heavy (non-hydrogen) atoms. The lowest BCUT2D eigenvalue weighted by molar-refractivity contribution is -0.127. The van der Waals surface area contributed by atoms with Gasteiger partial charge in [0.2, 0.25) is 0 Å². The fraction of sp³-hybridized carbons (Fsp3) is 0.524. The van der Waals surface area contributed by atoms with Crippen LogP contribution in [0.2, 0.25) is 0 Å². The molecule has 2 saturated heterocycles. The van der Waals surface area contributed by atoms with Crippen molar-refractivity contribution in [3.05, 3.63) is 41.9 Å². The van der Waals surface area contributed by atoms with E-state index in [2.05, 4.69) is 15.1 Å². The predicted octanol–water partition coefficient (Wildman–Crippen LogP) is 1.19. The third-order valence-corrected chi connectivity index (χ3v) is 5.26. The van der Waals surface area contributed by atoms with Gasteiger partial charge in [-0.1, -0.05) is 0 Å². The molecule has 1 N–H and O–H groups in total. The Hall–Kier alpha value is -2.63. The number of benzene rings is 1. The molecular weight excluding hydrogens is 373 g/mol. The average molecular weight is 401 g/mol. The normalized spacial score (nSPS) is 18.4. The van der Waals surface area contributed by atoms with E-state index in [0.717, 1.165) is 45.0 Å². The van der Waals surface area contributed by atoms with Crippen molar-refractivity contribution in [2.24, 2.45) is 0 Å². The Bertz CT molecular complexity index is 732. The number of hydrogen-bond acceptors (Lipinski definition) is 6. The zero-order chi connectivity index (χ0) is 20.5. The summed E-state index contributed by atoms with van der Waals surface area (Å²) >= 11 is 0. The van der Waals surface area contributed by atoms with Crippen LogP contribution in [0.5, 0.6) is 0 Å². The molecule has 0 spiro atoms. The third kappa shape index (κ3) is 6.17. The number of nitrogens with one attached hydrogen (secondary N) is 1. The van der Waals surface area contributed by atoms with Crippen molar-refractivity contribution in [1.82, 2.24) is 15.1 Å². The van der Waals surface area contributed by atoms with Crippen LogP contribution < -0.4 is 10.2 Å². The number of ether oxygens (including phenoxy) is 1. The zero-order valence-electron chi connectivity index (χ0n) is 16.6. The standard InChI is InChI=1S/C21H28FN5O2/c22-19-2-4-20(5-3-19)26-8-10-27(11-9-26)21(28)18(16-23)17-24-6-1-7-25-12-14-29-15-13-25/h2-5,17,24H,1,6-15H2/b18-17-. The number of hydrogen-bond donors (Lipinski definition) is 1. The van der Waals surface area contributed by atoms with Gasteiger partial charge < -0.3 is 19.9 Å². The van der Waals surface area contributed by atoms with Gasteiger partial charge >= 0.3 is 0 Å². The highest BCUT2D eigenvalue weighted by atomic mass is 19.1. The largest absolute Gasteiger partial charge is 0.390 e. The lowest BCUT2D eigenvalue weighted by Crippen LogP contribution is -2.49. The van der Waals surface area contributed by atoms with Crippen LogP contribution >= 0.6 is 0 Å². The van der Waals surface area contributed by atoms with Crippen molar-refractivity contribution in [3.8, 4) is 6.07 Å². The Morgan fingerprint density at radius 1 is 1.14 bits per heavy atom. The van der Waals surface area contributed by atoms with E-state index < -0.39 is 0 Å². The molecular formula is C21H28FN5O2. The number of nitrogens with zero attached hydrogens (tertiary/aromatic N) is 4. The molecule has 0 bridgehead atoms. The molecule has 1 aromatic rings. The van der Waals surface area contributed by atoms with Crippen LogP contribution in [0.25, 0.3) is 0 Å². The summed E-state index contributed by atoms with van der Waals surface area (Å²) in [4.78, 5) is 18.8. The first kappa shape index (κ1) is 21.1. The average Bonchev–Trinajstić information content (AvgIpc) is 2.77. The molecule has 2 aliphatic rings. The van der Waals surface area contributed by atoms with Crippen LogP contribution in [0, 0.1) is 17.1 Å². The number of carbonyl (C=O) groups is 1. The van der Waals surface area contributed by atoms with Crippen molar-refractivity contribution in [1.29, 1.82) is 5.26 Å². The van der Waals surface area contributed by atoms with E-state index in [1.165, 1.54) is 18.3 Å². The molecule has 0 radical (unpaired) electrons. The van der Waals surface area contributed by atoms with Crippen LogP contribution in [0.4, 0.5) is 10.1 Å². The summed E-state index contributed by atoms with van der Waals surface area (Å²) in [6, 6.07) is 8.38. The summed E-state index contributed by atoms with van der Waals surface area (Å²) in [6.45, 7) is 7.57. The maximum Gasteiger partial charge on any atom is 0.266 e. The van der Waals surface area contributed by atoms with E-state index in [1.807, 2.05) is 6.07 Å². The smallest absolute Gasteiger partial charge is 0.266 e. The number of piperazine rings is 1. The molecule has 0 atom stereocenters. The Labute approximate surface area is 171 Å². The molecule has 0 unspecified atom stereocenters. The highest BCUT2D eigenvalue weighted by Gasteiger charge is 2.23. The number of carbonyl (C=O) groups excluding carboxylic acids is 1. The molecule has 0 aliphatic carbocycles. The first-order valence-electron chi connectivity index (χ1n) is 10.1. The molecule has 0 aromatic heterocycles. The first-order valence-corrected chi connectivity index (χ1v) is 10.1. The van der Waals surface area contributed by atoms with Crippen molar-refractivity contribution in [2.45, 2.75) is 6.42 Å². The Kier molecular flexibility index (Phi) is 7.85. The number of anilines is 1. The van der Waals surface area contributed by atoms with Gasteiger partial charge in [-0.15, -0.1) is 0 Å².